The van der Waals surface area contributed by atoms with E-state index in [1.807, 2.05) is 0 Å². The van der Waals surface area contributed by atoms with E-state index in [-0.39, 0.29) is 0 Å². The molecule has 2 rings (SSSR count). The first-order valence-electron chi connectivity index (χ1n) is 5.66. The Bertz CT molecular complexity index is 306. The molecule has 1 aromatic rings. The minimum atomic E-state index is 0.344. The van der Waals surface area contributed by atoms with Crippen molar-refractivity contribution < 1.29 is 0 Å². The van der Waals surface area contributed by atoms with Crippen molar-refractivity contribution in [3.63, 3.8) is 0 Å². The Balaban J connectivity index is 2.30. The Morgan fingerprint density at radius 3 is 3.00 bits per heavy atom. The molecule has 2 atom stereocenters. The second-order valence-corrected chi connectivity index (χ2v) is 4.27. The van der Waals surface area contributed by atoms with Crippen LogP contribution in [0.1, 0.15) is 43.2 Å². The van der Waals surface area contributed by atoms with Gasteiger partial charge in [-0.1, -0.05) is 31.2 Å². The molecular weight excluding hydrogens is 170 g/mol. The molecule has 1 unspecified atom stereocenters. The SMILES string of the molecule is CC[C@H](N)C1CCCc2ccccc21. The topological polar surface area (TPSA) is 26.0 Å². The van der Waals surface area contributed by atoms with E-state index in [0.717, 1.165) is 6.42 Å². The van der Waals surface area contributed by atoms with Gasteiger partial charge in [0.2, 0.25) is 0 Å². The molecule has 0 saturated carbocycles. The molecule has 1 aliphatic carbocycles. The third-order valence-electron chi connectivity index (χ3n) is 3.40. The average molecular weight is 189 g/mol. The molecule has 2 N–H and O–H groups in total. The number of hydrogen-bond donors (Lipinski definition) is 1. The van der Waals surface area contributed by atoms with E-state index >= 15 is 0 Å². The van der Waals surface area contributed by atoms with Crippen molar-refractivity contribution in [2.75, 3.05) is 0 Å². The summed E-state index contributed by atoms with van der Waals surface area (Å²) in [5, 5.41) is 0. The minimum absolute atomic E-state index is 0.344. The van der Waals surface area contributed by atoms with Crippen molar-refractivity contribution in [2.45, 2.75) is 44.6 Å². The Labute approximate surface area is 86.3 Å². The van der Waals surface area contributed by atoms with Gasteiger partial charge in [-0.3, -0.25) is 0 Å². The van der Waals surface area contributed by atoms with Crippen LogP contribution in [-0.4, -0.2) is 6.04 Å². The maximum Gasteiger partial charge on any atom is 0.0105 e. The smallest absolute Gasteiger partial charge is 0.0105 e. The molecular formula is C13H19N. The molecule has 1 aromatic carbocycles. The summed E-state index contributed by atoms with van der Waals surface area (Å²) < 4.78 is 0. The second kappa shape index (κ2) is 4.14. The van der Waals surface area contributed by atoms with Gasteiger partial charge in [0.1, 0.15) is 0 Å². The van der Waals surface area contributed by atoms with Gasteiger partial charge in [-0.05, 0) is 42.7 Å². The number of rotatable bonds is 2. The zero-order valence-electron chi connectivity index (χ0n) is 8.87. The van der Waals surface area contributed by atoms with Crippen LogP contribution in [0.4, 0.5) is 0 Å². The maximum absolute atomic E-state index is 6.16. The number of benzene rings is 1. The predicted molar refractivity (Wildman–Crippen MR) is 60.4 cm³/mol. The van der Waals surface area contributed by atoms with Crippen LogP contribution in [0.5, 0.6) is 0 Å². The highest BCUT2D eigenvalue weighted by atomic mass is 14.6. The molecule has 0 saturated heterocycles. The molecule has 0 heterocycles. The molecule has 0 radical (unpaired) electrons. The van der Waals surface area contributed by atoms with E-state index < -0.39 is 0 Å². The molecule has 0 bridgehead atoms. The molecule has 76 valence electrons. The normalized spacial score (nSPS) is 22.9. The van der Waals surface area contributed by atoms with Crippen LogP contribution in [0.3, 0.4) is 0 Å². The third kappa shape index (κ3) is 1.69. The largest absolute Gasteiger partial charge is 0.327 e. The summed E-state index contributed by atoms with van der Waals surface area (Å²) in [7, 11) is 0. The van der Waals surface area contributed by atoms with Gasteiger partial charge in [0, 0.05) is 6.04 Å². The Morgan fingerprint density at radius 1 is 1.43 bits per heavy atom. The van der Waals surface area contributed by atoms with Crippen LogP contribution in [0.25, 0.3) is 0 Å². The maximum atomic E-state index is 6.16. The van der Waals surface area contributed by atoms with Crippen molar-refractivity contribution in [1.82, 2.24) is 0 Å². The van der Waals surface area contributed by atoms with E-state index in [1.165, 1.54) is 30.4 Å². The van der Waals surface area contributed by atoms with Gasteiger partial charge >= 0.3 is 0 Å². The lowest BCUT2D eigenvalue weighted by Gasteiger charge is -2.29. The van der Waals surface area contributed by atoms with Crippen LogP contribution in [0, 0.1) is 0 Å². The van der Waals surface area contributed by atoms with Crippen LogP contribution in [-0.2, 0) is 6.42 Å². The third-order valence-corrected chi connectivity index (χ3v) is 3.40. The van der Waals surface area contributed by atoms with E-state index in [4.69, 9.17) is 5.73 Å². The first kappa shape index (κ1) is 9.72. The number of fused-ring (bicyclic) bond motifs is 1. The molecule has 1 nitrogen and oxygen atoms in total. The van der Waals surface area contributed by atoms with Crippen LogP contribution in [0.2, 0.25) is 0 Å². The fourth-order valence-electron chi connectivity index (χ4n) is 2.52. The lowest BCUT2D eigenvalue weighted by atomic mass is 9.78. The summed E-state index contributed by atoms with van der Waals surface area (Å²) in [5.74, 6) is 0.602. The van der Waals surface area contributed by atoms with Gasteiger partial charge < -0.3 is 5.73 Å². The van der Waals surface area contributed by atoms with Gasteiger partial charge in [0.25, 0.3) is 0 Å². The summed E-state index contributed by atoms with van der Waals surface area (Å²) >= 11 is 0. The average Bonchev–Trinajstić information content (AvgIpc) is 2.27. The summed E-state index contributed by atoms with van der Waals surface area (Å²) in [4.78, 5) is 0. The quantitative estimate of drug-likeness (QED) is 0.760. The Hall–Kier alpha value is -0.820. The van der Waals surface area contributed by atoms with Crippen molar-refractivity contribution in [2.24, 2.45) is 5.73 Å². The lowest BCUT2D eigenvalue weighted by Crippen LogP contribution is -2.30. The van der Waals surface area contributed by atoms with Gasteiger partial charge in [-0.2, -0.15) is 0 Å². The van der Waals surface area contributed by atoms with Crippen LogP contribution >= 0.6 is 0 Å². The standard InChI is InChI=1S/C13H19N/c1-2-13(14)12-9-5-7-10-6-3-4-8-11(10)12/h3-4,6,8,12-13H,2,5,7,9,14H2,1H3/t12?,13-/m0/s1. The summed E-state index contributed by atoms with van der Waals surface area (Å²) in [6.45, 7) is 2.18. The van der Waals surface area contributed by atoms with Crippen LogP contribution < -0.4 is 5.73 Å². The molecule has 0 aliphatic heterocycles. The van der Waals surface area contributed by atoms with E-state index in [2.05, 4.69) is 31.2 Å². The number of hydrogen-bond acceptors (Lipinski definition) is 1. The van der Waals surface area contributed by atoms with Crippen molar-refractivity contribution >= 4 is 0 Å². The molecule has 14 heavy (non-hydrogen) atoms. The van der Waals surface area contributed by atoms with Crippen molar-refractivity contribution in [3.8, 4) is 0 Å². The lowest BCUT2D eigenvalue weighted by molar-refractivity contribution is 0.453. The number of aryl methyl sites for hydroxylation is 1. The second-order valence-electron chi connectivity index (χ2n) is 4.27. The van der Waals surface area contributed by atoms with E-state index in [1.54, 1.807) is 0 Å². The molecule has 0 aromatic heterocycles. The monoisotopic (exact) mass is 189 g/mol. The highest BCUT2D eigenvalue weighted by molar-refractivity contribution is 5.33. The van der Waals surface area contributed by atoms with E-state index in [9.17, 15) is 0 Å². The van der Waals surface area contributed by atoms with Gasteiger partial charge in [-0.25, -0.2) is 0 Å². The number of nitrogens with two attached hydrogens (primary N) is 1. The van der Waals surface area contributed by atoms with Gasteiger partial charge in [0.15, 0.2) is 0 Å². The van der Waals surface area contributed by atoms with Crippen molar-refractivity contribution in [1.29, 1.82) is 0 Å². The first-order valence-corrected chi connectivity index (χ1v) is 5.66. The minimum Gasteiger partial charge on any atom is -0.327 e. The molecule has 1 aliphatic rings. The summed E-state index contributed by atoms with van der Waals surface area (Å²) in [5.41, 5.74) is 9.19. The predicted octanol–water partition coefficient (Wildman–Crippen LogP) is 2.84. The van der Waals surface area contributed by atoms with Gasteiger partial charge in [-0.15, -0.1) is 0 Å². The zero-order chi connectivity index (χ0) is 9.97. The Kier molecular flexibility index (Phi) is 2.87. The Morgan fingerprint density at radius 2 is 2.21 bits per heavy atom. The molecule has 0 spiro atoms. The first-order chi connectivity index (χ1) is 6.83. The molecule has 0 amide bonds. The fraction of sp³-hybridized carbons (Fsp3) is 0.538. The van der Waals surface area contributed by atoms with E-state index in [0.29, 0.717) is 12.0 Å². The van der Waals surface area contributed by atoms with Crippen LogP contribution in [0.15, 0.2) is 24.3 Å². The molecule has 0 fully saturated rings. The zero-order valence-corrected chi connectivity index (χ0v) is 8.87. The highest BCUT2D eigenvalue weighted by Gasteiger charge is 2.23. The summed E-state index contributed by atoms with van der Waals surface area (Å²) in [6.07, 6.45) is 4.89. The van der Waals surface area contributed by atoms with Crippen molar-refractivity contribution in [3.05, 3.63) is 35.4 Å². The summed E-state index contributed by atoms with van der Waals surface area (Å²) in [6, 6.07) is 9.13. The molecule has 1 heteroatoms. The van der Waals surface area contributed by atoms with Gasteiger partial charge in [0.05, 0.1) is 0 Å². The highest BCUT2D eigenvalue weighted by Crippen LogP contribution is 2.33. The fourth-order valence-corrected chi connectivity index (χ4v) is 2.52.